The van der Waals surface area contributed by atoms with Crippen LogP contribution in [0.3, 0.4) is 0 Å². The molecule has 0 fully saturated rings. The van der Waals surface area contributed by atoms with E-state index < -0.39 is 0 Å². The van der Waals surface area contributed by atoms with Gasteiger partial charge in [0, 0.05) is 5.56 Å². The third-order valence-corrected chi connectivity index (χ3v) is 2.63. The molecule has 2 aromatic rings. The molecule has 0 saturated carbocycles. The lowest BCUT2D eigenvalue weighted by Gasteiger charge is -2.05. The maximum Gasteiger partial charge on any atom is 0.211 e. The van der Waals surface area contributed by atoms with Crippen LogP contribution in [-0.4, -0.2) is 23.7 Å². The van der Waals surface area contributed by atoms with E-state index in [1.54, 1.807) is 13.2 Å². The number of rotatable bonds is 4. The number of carbonyl (C=O) groups is 1. The van der Waals surface area contributed by atoms with Crippen LogP contribution in [0.15, 0.2) is 30.3 Å². The Morgan fingerprint density at radius 1 is 1.28 bits per heavy atom. The number of nitrogens with one attached hydrogen (secondary N) is 1. The third kappa shape index (κ3) is 2.57. The van der Waals surface area contributed by atoms with Gasteiger partial charge < -0.3 is 10.1 Å². The van der Waals surface area contributed by atoms with Crippen molar-refractivity contribution in [1.29, 1.82) is 0 Å². The first-order chi connectivity index (χ1) is 8.74. The first-order valence-electron chi connectivity index (χ1n) is 5.12. The van der Waals surface area contributed by atoms with Gasteiger partial charge in [-0.15, -0.1) is 10.2 Å². The Morgan fingerprint density at radius 2 is 2.00 bits per heavy atom. The number of hydrogen-bond donors (Lipinski definition) is 1. The first-order valence-corrected chi connectivity index (χ1v) is 5.50. The van der Waals surface area contributed by atoms with E-state index in [4.69, 9.17) is 16.3 Å². The molecule has 18 heavy (non-hydrogen) atoms. The molecule has 1 amide bonds. The number of nitrogens with zero attached hydrogens (tertiary/aromatic N) is 2. The summed E-state index contributed by atoms with van der Waals surface area (Å²) in [6.07, 6.45) is 0.542. The van der Waals surface area contributed by atoms with E-state index in [9.17, 15) is 4.79 Å². The molecule has 0 aliphatic carbocycles. The third-order valence-electron chi connectivity index (χ3n) is 2.35. The van der Waals surface area contributed by atoms with Gasteiger partial charge in [0.2, 0.25) is 6.41 Å². The average molecular weight is 264 g/mol. The van der Waals surface area contributed by atoms with Crippen LogP contribution in [0.4, 0.5) is 5.69 Å². The minimum atomic E-state index is 0.152. The van der Waals surface area contributed by atoms with E-state index in [1.165, 1.54) is 0 Å². The van der Waals surface area contributed by atoms with Crippen molar-refractivity contribution in [2.45, 2.75) is 0 Å². The van der Waals surface area contributed by atoms with Gasteiger partial charge in [0.05, 0.1) is 18.5 Å². The van der Waals surface area contributed by atoms with E-state index in [0.717, 1.165) is 11.3 Å². The van der Waals surface area contributed by atoms with Gasteiger partial charge in [0.25, 0.3) is 0 Å². The summed E-state index contributed by atoms with van der Waals surface area (Å²) in [7, 11) is 1.60. The predicted octanol–water partition coefficient (Wildman–Crippen LogP) is 2.37. The lowest BCUT2D eigenvalue weighted by atomic mass is 10.1. The number of methoxy groups -OCH3 is 1. The van der Waals surface area contributed by atoms with Gasteiger partial charge in [-0.2, -0.15) is 0 Å². The summed E-state index contributed by atoms with van der Waals surface area (Å²) in [5.74, 6) is 0.756. The predicted molar refractivity (Wildman–Crippen MR) is 68.7 cm³/mol. The van der Waals surface area contributed by atoms with E-state index in [-0.39, 0.29) is 5.15 Å². The molecular formula is C12H10ClN3O2. The molecule has 0 unspecified atom stereocenters. The van der Waals surface area contributed by atoms with Gasteiger partial charge in [-0.25, -0.2) is 0 Å². The van der Waals surface area contributed by atoms with Crippen LogP contribution >= 0.6 is 11.6 Å². The van der Waals surface area contributed by atoms with Crippen molar-refractivity contribution in [3.8, 4) is 17.0 Å². The zero-order valence-electron chi connectivity index (χ0n) is 9.55. The monoisotopic (exact) mass is 263 g/mol. The van der Waals surface area contributed by atoms with Crippen molar-refractivity contribution >= 4 is 23.7 Å². The molecule has 0 radical (unpaired) electrons. The molecule has 1 N–H and O–H groups in total. The molecule has 1 aromatic carbocycles. The molecule has 0 saturated heterocycles. The van der Waals surface area contributed by atoms with E-state index in [0.29, 0.717) is 17.8 Å². The minimum absolute atomic E-state index is 0.152. The normalized spacial score (nSPS) is 9.89. The highest BCUT2D eigenvalue weighted by atomic mass is 35.5. The van der Waals surface area contributed by atoms with Gasteiger partial charge >= 0.3 is 0 Å². The minimum Gasteiger partial charge on any atom is -0.497 e. The van der Waals surface area contributed by atoms with E-state index in [2.05, 4.69) is 15.5 Å². The van der Waals surface area contributed by atoms with Gasteiger partial charge in [0.1, 0.15) is 5.75 Å². The highest BCUT2D eigenvalue weighted by Crippen LogP contribution is 2.25. The van der Waals surface area contributed by atoms with Crippen LogP contribution in [0.5, 0.6) is 5.75 Å². The maximum atomic E-state index is 10.4. The lowest BCUT2D eigenvalue weighted by Crippen LogP contribution is -1.98. The molecule has 6 heteroatoms. The lowest BCUT2D eigenvalue weighted by molar-refractivity contribution is -0.105. The second-order valence-corrected chi connectivity index (χ2v) is 3.78. The van der Waals surface area contributed by atoms with Crippen LogP contribution < -0.4 is 10.1 Å². The molecule has 1 heterocycles. The summed E-state index contributed by atoms with van der Waals surface area (Å²) >= 11 is 5.80. The summed E-state index contributed by atoms with van der Waals surface area (Å²) in [4.78, 5) is 10.4. The summed E-state index contributed by atoms with van der Waals surface area (Å²) in [6.45, 7) is 0. The fourth-order valence-electron chi connectivity index (χ4n) is 1.44. The summed E-state index contributed by atoms with van der Waals surface area (Å²) in [5.41, 5.74) is 1.90. The number of halogens is 1. The highest BCUT2D eigenvalue weighted by Gasteiger charge is 2.06. The molecule has 0 bridgehead atoms. The number of benzene rings is 1. The molecule has 92 valence electrons. The zero-order valence-corrected chi connectivity index (χ0v) is 10.3. The Hall–Kier alpha value is -2.14. The number of amides is 1. The van der Waals surface area contributed by atoms with E-state index >= 15 is 0 Å². The molecule has 5 nitrogen and oxygen atoms in total. The molecule has 2 rings (SSSR count). The van der Waals surface area contributed by atoms with Crippen LogP contribution in [-0.2, 0) is 4.79 Å². The van der Waals surface area contributed by atoms with Crippen molar-refractivity contribution in [2.24, 2.45) is 0 Å². The zero-order chi connectivity index (χ0) is 13.0. The second kappa shape index (κ2) is 5.46. The molecular weight excluding hydrogens is 254 g/mol. The Morgan fingerprint density at radius 3 is 2.61 bits per heavy atom. The summed E-state index contributed by atoms with van der Waals surface area (Å²) in [5, 5.41) is 10.4. The Kier molecular flexibility index (Phi) is 3.74. The topological polar surface area (TPSA) is 64.1 Å². The molecule has 0 aliphatic heterocycles. The van der Waals surface area contributed by atoms with Crippen molar-refractivity contribution in [1.82, 2.24) is 10.2 Å². The van der Waals surface area contributed by atoms with Crippen LogP contribution in [0, 0.1) is 0 Å². The summed E-state index contributed by atoms with van der Waals surface area (Å²) in [6, 6.07) is 8.99. The Bertz CT molecular complexity index is 558. The SMILES string of the molecule is COc1ccc(-c2cc(NC=O)c(Cl)nn2)cc1. The van der Waals surface area contributed by atoms with Crippen molar-refractivity contribution in [3.63, 3.8) is 0 Å². The number of anilines is 1. The Balaban J connectivity index is 2.37. The average Bonchev–Trinajstić information content (AvgIpc) is 2.42. The number of aromatic nitrogens is 2. The number of hydrogen-bond acceptors (Lipinski definition) is 4. The quantitative estimate of drug-likeness (QED) is 0.860. The standard InChI is InChI=1S/C12H10ClN3O2/c1-18-9-4-2-8(3-5-9)10-6-11(14-7-17)12(13)16-15-10/h2-7H,1H3,(H,14,15,17). The van der Waals surface area contributed by atoms with Gasteiger partial charge in [-0.1, -0.05) is 11.6 Å². The van der Waals surface area contributed by atoms with Gasteiger partial charge in [-0.3, -0.25) is 4.79 Å². The van der Waals surface area contributed by atoms with Crippen molar-refractivity contribution in [2.75, 3.05) is 12.4 Å². The molecule has 1 aromatic heterocycles. The fraction of sp³-hybridized carbons (Fsp3) is 0.0833. The highest BCUT2D eigenvalue weighted by molar-refractivity contribution is 6.32. The summed E-state index contributed by atoms with van der Waals surface area (Å²) < 4.78 is 5.07. The number of ether oxygens (including phenoxy) is 1. The Labute approximate surface area is 109 Å². The maximum absolute atomic E-state index is 10.4. The van der Waals surface area contributed by atoms with Gasteiger partial charge in [-0.05, 0) is 30.3 Å². The van der Waals surface area contributed by atoms with E-state index in [1.807, 2.05) is 24.3 Å². The van der Waals surface area contributed by atoms with Crippen LogP contribution in [0.1, 0.15) is 0 Å². The first kappa shape index (κ1) is 12.3. The molecule has 0 aliphatic rings. The van der Waals surface area contributed by atoms with Crippen LogP contribution in [0.25, 0.3) is 11.3 Å². The molecule has 0 spiro atoms. The molecule has 0 atom stereocenters. The van der Waals surface area contributed by atoms with Gasteiger partial charge in [0.15, 0.2) is 5.15 Å². The largest absolute Gasteiger partial charge is 0.497 e. The fourth-order valence-corrected chi connectivity index (χ4v) is 1.59. The number of carbonyl (C=O) groups excluding carboxylic acids is 1. The van der Waals surface area contributed by atoms with Crippen molar-refractivity contribution < 1.29 is 9.53 Å². The smallest absolute Gasteiger partial charge is 0.211 e. The van der Waals surface area contributed by atoms with Crippen LogP contribution in [0.2, 0.25) is 5.15 Å². The second-order valence-electron chi connectivity index (χ2n) is 3.42. The van der Waals surface area contributed by atoms with Crippen molar-refractivity contribution in [3.05, 3.63) is 35.5 Å².